The number of nitrogens with zero attached hydrogens (tertiary/aromatic N) is 3. The number of amides is 1. The predicted octanol–water partition coefficient (Wildman–Crippen LogP) is 2.46. The van der Waals surface area contributed by atoms with Gasteiger partial charge >= 0.3 is 0 Å². The van der Waals surface area contributed by atoms with Crippen molar-refractivity contribution in [1.82, 2.24) is 9.38 Å². The normalized spacial score (nSPS) is 17.3. The molecule has 0 radical (unpaired) electrons. The summed E-state index contributed by atoms with van der Waals surface area (Å²) < 4.78 is 18.8. The van der Waals surface area contributed by atoms with Crippen LogP contribution in [0.25, 0.3) is 5.65 Å². The fourth-order valence-electron chi connectivity index (χ4n) is 3.14. The van der Waals surface area contributed by atoms with Gasteiger partial charge in [-0.1, -0.05) is 0 Å². The predicted molar refractivity (Wildman–Crippen MR) is 101 cm³/mol. The first-order chi connectivity index (χ1) is 13.2. The quantitative estimate of drug-likeness (QED) is 0.693. The number of pyridine rings is 1. The highest BCUT2D eigenvalue weighted by Crippen LogP contribution is 2.23. The molecule has 0 N–H and O–H groups in total. The SMILES string of the molecule is COc1ccc(N2CC(COc3cccn4c(C)cnc34)OCC2=O)cc1. The number of hydrogen-bond donors (Lipinski definition) is 0. The van der Waals surface area contributed by atoms with E-state index in [-0.39, 0.29) is 18.6 Å². The number of methoxy groups -OCH3 is 1. The van der Waals surface area contributed by atoms with E-state index in [0.717, 1.165) is 22.8 Å². The minimum absolute atomic E-state index is 0.0345. The van der Waals surface area contributed by atoms with Crippen molar-refractivity contribution in [3.63, 3.8) is 0 Å². The zero-order valence-corrected chi connectivity index (χ0v) is 15.3. The van der Waals surface area contributed by atoms with Gasteiger partial charge in [0.05, 0.1) is 13.7 Å². The number of morpholine rings is 1. The summed E-state index contributed by atoms with van der Waals surface area (Å²) >= 11 is 0. The summed E-state index contributed by atoms with van der Waals surface area (Å²) in [6, 6.07) is 11.2. The highest BCUT2D eigenvalue weighted by Gasteiger charge is 2.28. The lowest BCUT2D eigenvalue weighted by atomic mass is 10.2. The van der Waals surface area contributed by atoms with E-state index in [4.69, 9.17) is 14.2 Å². The number of benzene rings is 1. The summed E-state index contributed by atoms with van der Waals surface area (Å²) in [5, 5.41) is 0. The molecule has 4 rings (SSSR count). The molecule has 0 bridgehead atoms. The number of ether oxygens (including phenoxy) is 3. The average molecular weight is 367 g/mol. The van der Waals surface area contributed by atoms with Gasteiger partial charge in [-0.25, -0.2) is 4.98 Å². The fourth-order valence-corrected chi connectivity index (χ4v) is 3.14. The molecule has 1 aliphatic rings. The molecule has 1 saturated heterocycles. The highest BCUT2D eigenvalue weighted by atomic mass is 16.5. The molecule has 0 spiro atoms. The number of rotatable bonds is 5. The van der Waals surface area contributed by atoms with E-state index < -0.39 is 0 Å². The van der Waals surface area contributed by atoms with Crippen molar-refractivity contribution in [3.8, 4) is 11.5 Å². The van der Waals surface area contributed by atoms with Gasteiger partial charge in [0.2, 0.25) is 0 Å². The number of hydrogen-bond acceptors (Lipinski definition) is 5. The summed E-state index contributed by atoms with van der Waals surface area (Å²) in [4.78, 5) is 18.4. The molecule has 1 atom stereocenters. The lowest BCUT2D eigenvalue weighted by Crippen LogP contribution is -2.48. The van der Waals surface area contributed by atoms with E-state index >= 15 is 0 Å². The van der Waals surface area contributed by atoms with Crippen LogP contribution in [0.2, 0.25) is 0 Å². The monoisotopic (exact) mass is 367 g/mol. The number of aromatic nitrogens is 2. The Labute approximate surface area is 157 Å². The first-order valence-electron chi connectivity index (χ1n) is 8.77. The third-order valence-corrected chi connectivity index (χ3v) is 4.62. The first kappa shape index (κ1) is 17.4. The smallest absolute Gasteiger partial charge is 0.253 e. The van der Waals surface area contributed by atoms with Crippen molar-refractivity contribution in [1.29, 1.82) is 0 Å². The van der Waals surface area contributed by atoms with Gasteiger partial charge in [-0.3, -0.25) is 4.79 Å². The van der Waals surface area contributed by atoms with Crippen LogP contribution in [0, 0.1) is 6.92 Å². The maximum Gasteiger partial charge on any atom is 0.253 e. The molecule has 2 aromatic heterocycles. The molecule has 1 unspecified atom stereocenters. The van der Waals surface area contributed by atoms with Crippen LogP contribution in [-0.4, -0.2) is 48.3 Å². The topological polar surface area (TPSA) is 65.3 Å². The van der Waals surface area contributed by atoms with Crippen LogP contribution in [0.15, 0.2) is 48.8 Å². The molecular formula is C20H21N3O4. The molecule has 1 aliphatic heterocycles. The molecule has 3 aromatic rings. The number of fused-ring (bicyclic) bond motifs is 1. The Morgan fingerprint density at radius 3 is 2.85 bits per heavy atom. The zero-order valence-electron chi connectivity index (χ0n) is 15.3. The van der Waals surface area contributed by atoms with Crippen molar-refractivity contribution < 1.29 is 19.0 Å². The number of carbonyl (C=O) groups is 1. The Morgan fingerprint density at radius 1 is 1.26 bits per heavy atom. The van der Waals surface area contributed by atoms with E-state index in [9.17, 15) is 4.79 Å². The molecule has 7 nitrogen and oxygen atoms in total. The van der Waals surface area contributed by atoms with Gasteiger partial charge < -0.3 is 23.5 Å². The van der Waals surface area contributed by atoms with Crippen LogP contribution < -0.4 is 14.4 Å². The van der Waals surface area contributed by atoms with Gasteiger partial charge in [-0.2, -0.15) is 0 Å². The van der Waals surface area contributed by atoms with Crippen molar-refractivity contribution >= 4 is 17.2 Å². The van der Waals surface area contributed by atoms with Crippen LogP contribution in [0.1, 0.15) is 5.69 Å². The number of aryl methyl sites for hydroxylation is 1. The van der Waals surface area contributed by atoms with Crippen LogP contribution in [0.3, 0.4) is 0 Å². The van der Waals surface area contributed by atoms with Crippen molar-refractivity contribution in [2.45, 2.75) is 13.0 Å². The van der Waals surface area contributed by atoms with Gasteiger partial charge in [0.1, 0.15) is 25.1 Å². The fraction of sp³-hybridized carbons (Fsp3) is 0.300. The standard InChI is InChI=1S/C20H21N3O4/c1-14-10-21-20-18(4-3-9-22(14)20)27-12-17-11-23(19(24)13-26-17)15-5-7-16(25-2)8-6-15/h3-10,17H,11-13H2,1-2H3. The van der Waals surface area contributed by atoms with Gasteiger partial charge in [-0.15, -0.1) is 0 Å². The van der Waals surface area contributed by atoms with E-state index in [1.54, 1.807) is 12.0 Å². The number of anilines is 1. The number of imidazole rings is 1. The van der Waals surface area contributed by atoms with E-state index in [1.165, 1.54) is 0 Å². The second-order valence-corrected chi connectivity index (χ2v) is 6.41. The molecule has 3 heterocycles. The second-order valence-electron chi connectivity index (χ2n) is 6.41. The lowest BCUT2D eigenvalue weighted by molar-refractivity contribution is -0.130. The molecule has 1 fully saturated rings. The average Bonchev–Trinajstić information content (AvgIpc) is 3.09. The highest BCUT2D eigenvalue weighted by molar-refractivity contribution is 5.95. The van der Waals surface area contributed by atoms with E-state index in [1.807, 2.05) is 60.1 Å². The Bertz CT molecular complexity index is 952. The molecule has 1 aromatic carbocycles. The van der Waals surface area contributed by atoms with E-state index in [2.05, 4.69) is 4.98 Å². The Morgan fingerprint density at radius 2 is 2.07 bits per heavy atom. The van der Waals surface area contributed by atoms with Gasteiger partial charge in [0, 0.05) is 23.8 Å². The van der Waals surface area contributed by atoms with Crippen molar-refractivity contribution in [3.05, 3.63) is 54.5 Å². The summed E-state index contributed by atoms with van der Waals surface area (Å²) in [6.07, 6.45) is 3.54. The molecule has 1 amide bonds. The maximum absolute atomic E-state index is 12.3. The Balaban J connectivity index is 1.45. The van der Waals surface area contributed by atoms with Crippen LogP contribution >= 0.6 is 0 Å². The van der Waals surface area contributed by atoms with Crippen LogP contribution in [0.4, 0.5) is 5.69 Å². The minimum Gasteiger partial charge on any atom is -0.497 e. The summed E-state index contributed by atoms with van der Waals surface area (Å²) in [5.74, 6) is 1.38. The number of carbonyl (C=O) groups excluding carboxylic acids is 1. The third kappa shape index (κ3) is 3.46. The Kier molecular flexibility index (Phi) is 4.68. The summed E-state index contributed by atoms with van der Waals surface area (Å²) in [7, 11) is 1.62. The summed E-state index contributed by atoms with van der Waals surface area (Å²) in [5.41, 5.74) is 2.63. The largest absolute Gasteiger partial charge is 0.497 e. The molecule has 0 aliphatic carbocycles. The van der Waals surface area contributed by atoms with Crippen LogP contribution in [0.5, 0.6) is 11.5 Å². The van der Waals surface area contributed by atoms with Gasteiger partial charge in [0.25, 0.3) is 5.91 Å². The zero-order chi connectivity index (χ0) is 18.8. The van der Waals surface area contributed by atoms with Gasteiger partial charge in [-0.05, 0) is 43.3 Å². The van der Waals surface area contributed by atoms with Crippen molar-refractivity contribution in [2.75, 3.05) is 31.8 Å². The van der Waals surface area contributed by atoms with Crippen molar-refractivity contribution in [2.24, 2.45) is 0 Å². The van der Waals surface area contributed by atoms with Gasteiger partial charge in [0.15, 0.2) is 11.4 Å². The van der Waals surface area contributed by atoms with Crippen LogP contribution in [-0.2, 0) is 9.53 Å². The lowest BCUT2D eigenvalue weighted by Gasteiger charge is -2.32. The Hall–Kier alpha value is -3.06. The molecule has 0 saturated carbocycles. The first-order valence-corrected chi connectivity index (χ1v) is 8.77. The van der Waals surface area contributed by atoms with E-state index in [0.29, 0.717) is 18.9 Å². The maximum atomic E-state index is 12.3. The third-order valence-electron chi connectivity index (χ3n) is 4.62. The molecule has 140 valence electrons. The molecule has 27 heavy (non-hydrogen) atoms. The summed E-state index contributed by atoms with van der Waals surface area (Å²) in [6.45, 7) is 2.80. The molecular weight excluding hydrogens is 346 g/mol. The molecule has 7 heteroatoms. The second kappa shape index (κ2) is 7.28. The minimum atomic E-state index is -0.221.